The van der Waals surface area contributed by atoms with E-state index in [9.17, 15) is 4.39 Å². The average molecular weight is 356 g/mol. The molecule has 0 saturated carbocycles. The first-order valence-corrected chi connectivity index (χ1v) is 6.97. The average Bonchev–Trinajstić information content (AvgIpc) is 2.82. The molecule has 102 valence electrons. The first-order chi connectivity index (χ1) is 9.63. The van der Waals surface area contributed by atoms with Crippen molar-refractivity contribution in [1.82, 2.24) is 14.4 Å². The first-order valence-electron chi connectivity index (χ1n) is 5.80. The number of nitrogens with zero attached hydrogens (tertiary/aromatic N) is 3. The molecule has 0 spiro atoms. The summed E-state index contributed by atoms with van der Waals surface area (Å²) in [5.41, 5.74) is 2.22. The van der Waals surface area contributed by atoms with Gasteiger partial charge in [-0.3, -0.25) is 4.40 Å². The van der Waals surface area contributed by atoms with E-state index in [1.54, 1.807) is 12.4 Å². The molecule has 0 saturated heterocycles. The van der Waals surface area contributed by atoms with Gasteiger partial charge in [0, 0.05) is 6.20 Å². The molecule has 0 aliphatic heterocycles. The van der Waals surface area contributed by atoms with Gasteiger partial charge in [-0.1, -0.05) is 11.6 Å². The Labute approximate surface area is 127 Å². The highest BCUT2D eigenvalue weighted by molar-refractivity contribution is 9.10. The molecule has 0 aliphatic rings. The number of fused-ring (bicyclic) bond motifs is 1. The van der Waals surface area contributed by atoms with E-state index in [4.69, 9.17) is 11.6 Å². The van der Waals surface area contributed by atoms with Crippen LogP contribution in [0.5, 0.6) is 0 Å². The van der Waals surface area contributed by atoms with Crippen LogP contribution in [0.15, 0.2) is 41.4 Å². The van der Waals surface area contributed by atoms with Crippen molar-refractivity contribution in [3.63, 3.8) is 0 Å². The fourth-order valence-electron chi connectivity index (χ4n) is 1.87. The van der Waals surface area contributed by atoms with E-state index >= 15 is 0 Å². The second-order valence-electron chi connectivity index (χ2n) is 4.17. The fraction of sp³-hybridized carbons (Fsp3) is 0.0769. The van der Waals surface area contributed by atoms with Gasteiger partial charge in [-0.05, 0) is 34.1 Å². The standard InChI is InChI=1S/C13H9BrClFN4/c14-12-7-20-9(5-19-13(20)6-18-12)4-17-11-3-8(16)1-2-10(11)15/h1-3,5-7,17H,4H2. The molecular formula is C13H9BrClFN4. The summed E-state index contributed by atoms with van der Waals surface area (Å²) < 4.78 is 15.8. The molecule has 3 rings (SSSR count). The van der Waals surface area contributed by atoms with Crippen molar-refractivity contribution in [1.29, 1.82) is 0 Å². The van der Waals surface area contributed by atoms with Gasteiger partial charge in [0.1, 0.15) is 10.4 Å². The highest BCUT2D eigenvalue weighted by atomic mass is 79.9. The lowest BCUT2D eigenvalue weighted by Crippen LogP contribution is -2.03. The van der Waals surface area contributed by atoms with Crippen molar-refractivity contribution in [3.8, 4) is 0 Å². The molecule has 0 bridgehead atoms. The van der Waals surface area contributed by atoms with Crippen LogP contribution in [-0.2, 0) is 6.54 Å². The third-order valence-electron chi connectivity index (χ3n) is 2.83. The van der Waals surface area contributed by atoms with Crippen molar-refractivity contribution in [3.05, 3.63) is 57.9 Å². The number of benzene rings is 1. The minimum atomic E-state index is -0.331. The zero-order valence-electron chi connectivity index (χ0n) is 10.1. The minimum Gasteiger partial charge on any atom is -0.378 e. The van der Waals surface area contributed by atoms with Gasteiger partial charge in [0.2, 0.25) is 0 Å². The monoisotopic (exact) mass is 354 g/mol. The van der Waals surface area contributed by atoms with E-state index in [2.05, 4.69) is 31.2 Å². The maximum absolute atomic E-state index is 13.2. The van der Waals surface area contributed by atoms with Gasteiger partial charge in [0.25, 0.3) is 0 Å². The van der Waals surface area contributed by atoms with Crippen LogP contribution in [0.4, 0.5) is 10.1 Å². The molecule has 2 heterocycles. The summed E-state index contributed by atoms with van der Waals surface area (Å²) in [6, 6.07) is 4.21. The molecule has 0 radical (unpaired) electrons. The van der Waals surface area contributed by atoms with Crippen molar-refractivity contribution in [2.75, 3.05) is 5.32 Å². The number of hydrogen-bond donors (Lipinski definition) is 1. The van der Waals surface area contributed by atoms with Gasteiger partial charge in [0.05, 0.1) is 35.3 Å². The number of aromatic nitrogens is 3. The van der Waals surface area contributed by atoms with Crippen LogP contribution in [0, 0.1) is 5.82 Å². The quantitative estimate of drug-likeness (QED) is 0.775. The molecule has 2 aromatic heterocycles. The van der Waals surface area contributed by atoms with Crippen LogP contribution in [-0.4, -0.2) is 14.4 Å². The van der Waals surface area contributed by atoms with Gasteiger partial charge in [-0.2, -0.15) is 0 Å². The van der Waals surface area contributed by atoms with E-state index in [1.807, 2.05) is 10.6 Å². The van der Waals surface area contributed by atoms with Crippen LogP contribution in [0.1, 0.15) is 5.69 Å². The zero-order valence-corrected chi connectivity index (χ0v) is 12.5. The maximum atomic E-state index is 13.2. The van der Waals surface area contributed by atoms with Gasteiger partial charge in [0.15, 0.2) is 5.65 Å². The predicted molar refractivity (Wildman–Crippen MR) is 79.4 cm³/mol. The predicted octanol–water partition coefficient (Wildman–Crippen LogP) is 3.90. The first kappa shape index (κ1) is 13.3. The molecule has 1 N–H and O–H groups in total. The minimum absolute atomic E-state index is 0.331. The number of hydrogen-bond acceptors (Lipinski definition) is 3. The Morgan fingerprint density at radius 3 is 3.00 bits per heavy atom. The summed E-state index contributed by atoms with van der Waals surface area (Å²) in [4.78, 5) is 8.35. The summed E-state index contributed by atoms with van der Waals surface area (Å²) in [6.07, 6.45) is 5.24. The van der Waals surface area contributed by atoms with E-state index in [0.29, 0.717) is 21.9 Å². The largest absolute Gasteiger partial charge is 0.378 e. The van der Waals surface area contributed by atoms with E-state index in [-0.39, 0.29) is 5.82 Å². The molecule has 0 atom stereocenters. The van der Waals surface area contributed by atoms with Gasteiger partial charge in [-0.25, -0.2) is 14.4 Å². The number of anilines is 1. The second-order valence-corrected chi connectivity index (χ2v) is 5.39. The number of rotatable bonds is 3. The molecule has 0 fully saturated rings. The Morgan fingerprint density at radius 2 is 2.15 bits per heavy atom. The number of nitrogens with one attached hydrogen (secondary N) is 1. The molecule has 20 heavy (non-hydrogen) atoms. The van der Waals surface area contributed by atoms with Crippen LogP contribution in [0.3, 0.4) is 0 Å². The van der Waals surface area contributed by atoms with E-state index < -0.39 is 0 Å². The molecule has 0 amide bonds. The topological polar surface area (TPSA) is 42.2 Å². The molecule has 0 unspecified atom stereocenters. The molecule has 1 aromatic carbocycles. The third-order valence-corrected chi connectivity index (χ3v) is 3.57. The Morgan fingerprint density at radius 1 is 1.30 bits per heavy atom. The summed E-state index contributed by atoms with van der Waals surface area (Å²) >= 11 is 9.33. The molecule has 3 aromatic rings. The molecule has 0 aliphatic carbocycles. The smallest absolute Gasteiger partial charge is 0.155 e. The Hall–Kier alpha value is -1.66. The van der Waals surface area contributed by atoms with E-state index in [1.165, 1.54) is 18.2 Å². The summed E-state index contributed by atoms with van der Waals surface area (Å²) in [7, 11) is 0. The molecule has 7 heteroatoms. The highest BCUT2D eigenvalue weighted by Crippen LogP contribution is 2.23. The fourth-order valence-corrected chi connectivity index (χ4v) is 2.36. The maximum Gasteiger partial charge on any atom is 0.155 e. The van der Waals surface area contributed by atoms with Gasteiger partial charge < -0.3 is 5.32 Å². The van der Waals surface area contributed by atoms with Crippen LogP contribution in [0.2, 0.25) is 5.02 Å². The Balaban J connectivity index is 1.86. The third kappa shape index (κ3) is 2.62. The lowest BCUT2D eigenvalue weighted by molar-refractivity contribution is 0.628. The normalized spacial score (nSPS) is 10.9. The van der Waals surface area contributed by atoms with Crippen LogP contribution >= 0.6 is 27.5 Å². The van der Waals surface area contributed by atoms with Crippen LogP contribution < -0.4 is 5.32 Å². The van der Waals surface area contributed by atoms with Crippen molar-refractivity contribution >= 4 is 38.9 Å². The van der Waals surface area contributed by atoms with Crippen molar-refractivity contribution in [2.45, 2.75) is 6.54 Å². The van der Waals surface area contributed by atoms with Gasteiger partial charge in [-0.15, -0.1) is 0 Å². The highest BCUT2D eigenvalue weighted by Gasteiger charge is 2.06. The van der Waals surface area contributed by atoms with Gasteiger partial charge >= 0.3 is 0 Å². The lowest BCUT2D eigenvalue weighted by atomic mass is 10.3. The second kappa shape index (κ2) is 5.38. The molecule has 4 nitrogen and oxygen atoms in total. The lowest BCUT2D eigenvalue weighted by Gasteiger charge is -2.08. The number of imidazole rings is 1. The summed E-state index contributed by atoms with van der Waals surface area (Å²) in [5, 5.41) is 3.57. The Bertz CT molecular complexity index is 774. The Kier molecular flexibility index (Phi) is 3.58. The summed E-state index contributed by atoms with van der Waals surface area (Å²) in [5.74, 6) is -0.331. The van der Waals surface area contributed by atoms with Crippen molar-refractivity contribution < 1.29 is 4.39 Å². The number of halogens is 3. The van der Waals surface area contributed by atoms with Crippen molar-refractivity contribution in [2.24, 2.45) is 0 Å². The van der Waals surface area contributed by atoms with Crippen LogP contribution in [0.25, 0.3) is 5.65 Å². The SMILES string of the molecule is Fc1ccc(Cl)c(NCc2cnc3cnc(Br)cn23)c1. The summed E-state index contributed by atoms with van der Waals surface area (Å²) in [6.45, 7) is 0.473. The van der Waals surface area contributed by atoms with E-state index in [0.717, 1.165) is 11.3 Å². The zero-order chi connectivity index (χ0) is 14.1. The molecular weight excluding hydrogens is 347 g/mol.